The van der Waals surface area contributed by atoms with Crippen molar-refractivity contribution in [1.82, 2.24) is 5.32 Å². The highest BCUT2D eigenvalue weighted by atomic mass is 35.5. The van der Waals surface area contributed by atoms with Crippen molar-refractivity contribution < 1.29 is 9.13 Å². The van der Waals surface area contributed by atoms with Crippen molar-refractivity contribution in [3.63, 3.8) is 0 Å². The first-order chi connectivity index (χ1) is 9.61. The maximum absolute atomic E-state index is 13.6. The molecule has 0 amide bonds. The van der Waals surface area contributed by atoms with Crippen molar-refractivity contribution in [3.05, 3.63) is 34.6 Å². The largest absolute Gasteiger partial charge is 0.377 e. The molecule has 1 aliphatic carbocycles. The van der Waals surface area contributed by atoms with Gasteiger partial charge < -0.3 is 10.1 Å². The standard InChI is InChI=1S/C16H23ClFNO/c1-3-9-19-15(16(20-2)7-4-8-16)11-12-5-6-13(17)14(18)10-12/h5-6,10,15,19H,3-4,7-9,11H2,1-2H3. The second-order valence-electron chi connectivity index (χ2n) is 5.58. The number of methoxy groups -OCH3 is 1. The zero-order valence-corrected chi connectivity index (χ0v) is 13.0. The fraction of sp³-hybridized carbons (Fsp3) is 0.625. The van der Waals surface area contributed by atoms with E-state index in [9.17, 15) is 4.39 Å². The van der Waals surface area contributed by atoms with E-state index in [1.807, 2.05) is 6.07 Å². The Hall–Kier alpha value is -0.640. The minimum absolute atomic E-state index is 0.0920. The molecular formula is C16H23ClFNO. The Labute approximate surface area is 125 Å². The van der Waals surface area contributed by atoms with E-state index < -0.39 is 0 Å². The Morgan fingerprint density at radius 2 is 2.20 bits per heavy atom. The Morgan fingerprint density at radius 3 is 2.70 bits per heavy atom. The molecule has 0 spiro atoms. The first-order valence-corrected chi connectivity index (χ1v) is 7.71. The van der Waals surface area contributed by atoms with Crippen LogP contribution < -0.4 is 5.32 Å². The number of halogens is 2. The lowest BCUT2D eigenvalue weighted by atomic mass is 9.72. The van der Waals surface area contributed by atoms with Crippen molar-refractivity contribution in [1.29, 1.82) is 0 Å². The molecule has 1 N–H and O–H groups in total. The lowest BCUT2D eigenvalue weighted by Crippen LogP contribution is -2.57. The lowest BCUT2D eigenvalue weighted by Gasteiger charge is -2.47. The van der Waals surface area contributed by atoms with Gasteiger partial charge in [0, 0.05) is 13.2 Å². The van der Waals surface area contributed by atoms with E-state index in [2.05, 4.69) is 12.2 Å². The summed E-state index contributed by atoms with van der Waals surface area (Å²) in [6, 6.07) is 5.28. The summed E-state index contributed by atoms with van der Waals surface area (Å²) >= 11 is 5.74. The smallest absolute Gasteiger partial charge is 0.142 e. The number of rotatable bonds is 7. The normalized spacial score (nSPS) is 18.6. The molecule has 0 radical (unpaired) electrons. The van der Waals surface area contributed by atoms with E-state index in [0.717, 1.165) is 37.8 Å². The summed E-state index contributed by atoms with van der Waals surface area (Å²) < 4.78 is 19.3. The molecule has 1 unspecified atom stereocenters. The van der Waals surface area contributed by atoms with Crippen molar-refractivity contribution >= 4 is 11.6 Å². The van der Waals surface area contributed by atoms with Gasteiger partial charge in [0.05, 0.1) is 10.6 Å². The molecule has 0 heterocycles. The summed E-state index contributed by atoms with van der Waals surface area (Å²) in [6.45, 7) is 3.10. The molecule has 1 saturated carbocycles. The molecule has 1 aromatic carbocycles. The molecule has 20 heavy (non-hydrogen) atoms. The molecule has 112 valence electrons. The number of hydrogen-bond acceptors (Lipinski definition) is 2. The van der Waals surface area contributed by atoms with Crippen molar-refractivity contribution in [2.24, 2.45) is 0 Å². The second kappa shape index (κ2) is 6.88. The van der Waals surface area contributed by atoms with Crippen LogP contribution in [0.15, 0.2) is 18.2 Å². The Balaban J connectivity index is 2.12. The minimum Gasteiger partial charge on any atom is -0.377 e. The van der Waals surface area contributed by atoms with E-state index in [1.165, 1.54) is 12.5 Å². The average molecular weight is 300 g/mol. The van der Waals surface area contributed by atoms with Crippen LogP contribution in [0.25, 0.3) is 0 Å². The first kappa shape index (κ1) is 15.7. The van der Waals surface area contributed by atoms with Crippen LogP contribution in [0, 0.1) is 5.82 Å². The summed E-state index contributed by atoms with van der Waals surface area (Å²) in [5, 5.41) is 3.74. The van der Waals surface area contributed by atoms with Gasteiger partial charge >= 0.3 is 0 Å². The zero-order valence-electron chi connectivity index (χ0n) is 12.2. The van der Waals surface area contributed by atoms with Crippen LogP contribution >= 0.6 is 11.6 Å². The Morgan fingerprint density at radius 1 is 1.45 bits per heavy atom. The summed E-state index contributed by atoms with van der Waals surface area (Å²) in [6.07, 6.45) is 5.18. The lowest BCUT2D eigenvalue weighted by molar-refractivity contribution is -0.0980. The SMILES string of the molecule is CCCNC(Cc1ccc(Cl)c(F)c1)C1(OC)CCC1. The van der Waals surface area contributed by atoms with Gasteiger partial charge in [-0.3, -0.25) is 0 Å². The molecule has 1 atom stereocenters. The highest BCUT2D eigenvalue weighted by Crippen LogP contribution is 2.39. The van der Waals surface area contributed by atoms with Gasteiger partial charge in [0.25, 0.3) is 0 Å². The fourth-order valence-electron chi connectivity index (χ4n) is 2.89. The van der Waals surface area contributed by atoms with Crippen molar-refractivity contribution in [3.8, 4) is 0 Å². The average Bonchev–Trinajstić information content (AvgIpc) is 2.39. The molecule has 0 saturated heterocycles. The van der Waals surface area contributed by atoms with Crippen LogP contribution in [0.5, 0.6) is 0 Å². The van der Waals surface area contributed by atoms with E-state index >= 15 is 0 Å². The molecule has 1 aromatic rings. The molecule has 2 rings (SSSR count). The maximum Gasteiger partial charge on any atom is 0.142 e. The molecule has 1 fully saturated rings. The van der Waals surface area contributed by atoms with Crippen LogP contribution in [0.1, 0.15) is 38.2 Å². The molecule has 4 heteroatoms. The number of benzene rings is 1. The van der Waals surface area contributed by atoms with Crippen LogP contribution in [-0.2, 0) is 11.2 Å². The molecule has 0 bridgehead atoms. The molecule has 0 aliphatic heterocycles. The third kappa shape index (κ3) is 3.33. The number of nitrogens with one attached hydrogen (secondary N) is 1. The summed E-state index contributed by atoms with van der Waals surface area (Å²) in [5.41, 5.74) is 0.870. The predicted octanol–water partition coefficient (Wildman–Crippen LogP) is 3.96. The van der Waals surface area contributed by atoms with E-state index in [0.29, 0.717) is 0 Å². The van der Waals surface area contributed by atoms with Gasteiger partial charge in [-0.15, -0.1) is 0 Å². The topological polar surface area (TPSA) is 21.3 Å². The molecule has 2 nitrogen and oxygen atoms in total. The third-order valence-electron chi connectivity index (χ3n) is 4.31. The maximum atomic E-state index is 13.6. The van der Waals surface area contributed by atoms with E-state index in [4.69, 9.17) is 16.3 Å². The molecule has 0 aromatic heterocycles. The Kier molecular flexibility index (Phi) is 5.42. The quantitative estimate of drug-likeness (QED) is 0.823. The number of ether oxygens (including phenoxy) is 1. The van der Waals surface area contributed by atoms with Crippen molar-refractivity contribution in [2.75, 3.05) is 13.7 Å². The summed E-state index contributed by atoms with van der Waals surface area (Å²) in [7, 11) is 1.78. The van der Waals surface area contributed by atoms with Gasteiger partial charge in [-0.05, 0) is 56.3 Å². The van der Waals surface area contributed by atoms with E-state index in [-0.39, 0.29) is 22.5 Å². The van der Waals surface area contributed by atoms with Crippen LogP contribution in [-0.4, -0.2) is 25.3 Å². The van der Waals surface area contributed by atoms with Crippen molar-refractivity contribution in [2.45, 2.75) is 50.7 Å². The third-order valence-corrected chi connectivity index (χ3v) is 4.61. The fourth-order valence-corrected chi connectivity index (χ4v) is 3.00. The van der Waals surface area contributed by atoms with Gasteiger partial charge in [-0.25, -0.2) is 4.39 Å². The van der Waals surface area contributed by atoms with Crippen LogP contribution in [0.4, 0.5) is 4.39 Å². The van der Waals surface area contributed by atoms with Gasteiger partial charge in [0.1, 0.15) is 5.82 Å². The van der Waals surface area contributed by atoms with Gasteiger partial charge in [-0.2, -0.15) is 0 Å². The molecule has 1 aliphatic rings. The highest BCUT2D eigenvalue weighted by Gasteiger charge is 2.44. The second-order valence-corrected chi connectivity index (χ2v) is 5.99. The van der Waals surface area contributed by atoms with Gasteiger partial charge in [0.2, 0.25) is 0 Å². The Bertz CT molecular complexity index is 443. The highest BCUT2D eigenvalue weighted by molar-refractivity contribution is 6.30. The van der Waals surface area contributed by atoms with E-state index in [1.54, 1.807) is 13.2 Å². The number of hydrogen-bond donors (Lipinski definition) is 1. The minimum atomic E-state index is -0.349. The summed E-state index contributed by atoms with van der Waals surface area (Å²) in [4.78, 5) is 0. The van der Waals surface area contributed by atoms with Gasteiger partial charge in [-0.1, -0.05) is 24.6 Å². The summed E-state index contributed by atoms with van der Waals surface area (Å²) in [5.74, 6) is -0.349. The predicted molar refractivity (Wildman–Crippen MR) is 80.8 cm³/mol. The van der Waals surface area contributed by atoms with Crippen LogP contribution in [0.2, 0.25) is 5.02 Å². The monoisotopic (exact) mass is 299 g/mol. The molecular weight excluding hydrogens is 277 g/mol. The van der Waals surface area contributed by atoms with Gasteiger partial charge in [0.15, 0.2) is 0 Å². The first-order valence-electron chi connectivity index (χ1n) is 7.34. The zero-order chi connectivity index (χ0) is 14.6. The van der Waals surface area contributed by atoms with Crippen LogP contribution in [0.3, 0.4) is 0 Å².